The third kappa shape index (κ3) is 13.4. The number of rotatable bonds is 28. The minimum Gasteiger partial charge on any atom is -0.466 e. The Morgan fingerprint density at radius 1 is 0.755 bits per heavy atom. The molecule has 25 nitrogen and oxygen atoms in total. The number of thiocarbonyl (C=S) groups is 2. The average molecular weight is 1390 g/mol. The van der Waals surface area contributed by atoms with Crippen LogP contribution in [0.3, 0.4) is 0 Å². The van der Waals surface area contributed by atoms with Crippen molar-refractivity contribution < 1.29 is 57.3 Å². The number of ether oxygens (including phenoxy) is 2. The Hall–Kier alpha value is -7.10. The van der Waals surface area contributed by atoms with Gasteiger partial charge in [0.1, 0.15) is 24.7 Å². The number of hydrogen-bond acceptors (Lipinski definition) is 15. The molecule has 1 spiro atoms. The molecule has 10 rings (SSSR count). The van der Waals surface area contributed by atoms with E-state index >= 15 is 4.79 Å². The number of nitrogens with one attached hydrogen (secondary N) is 7. The number of H-pyrrole nitrogens is 2. The third-order valence-corrected chi connectivity index (χ3v) is 21.3. The van der Waals surface area contributed by atoms with Crippen LogP contribution in [0.15, 0.2) is 48.8 Å². The number of amides is 8. The molecule has 2 aliphatic heterocycles. The molecule has 13 N–H and O–H groups in total. The number of alkyl halides is 2. The number of hydrogen-bond donors (Lipinski definition) is 11. The summed E-state index contributed by atoms with van der Waals surface area (Å²) < 4.78 is 18.1. The molecule has 5 aromatic rings. The molecular weight excluding hydrogens is 1310 g/mol. The summed E-state index contributed by atoms with van der Waals surface area (Å²) in [5.74, 6) is -1.72. The summed E-state index contributed by atoms with van der Waals surface area (Å²) in [6.45, 7) is 10.9. The second kappa shape index (κ2) is 28.3. The number of carbonyl (C=O) groups is 7. The summed E-state index contributed by atoms with van der Waals surface area (Å²) in [7, 11) is 0.857. The van der Waals surface area contributed by atoms with Crippen molar-refractivity contribution in [1.29, 1.82) is 0 Å². The highest BCUT2D eigenvalue weighted by atomic mass is 35.5. The van der Waals surface area contributed by atoms with Crippen LogP contribution >= 0.6 is 56.2 Å². The molecule has 3 aliphatic carbocycles. The van der Waals surface area contributed by atoms with E-state index in [1.807, 2.05) is 37.2 Å². The lowest BCUT2D eigenvalue weighted by Gasteiger charge is -2.37. The van der Waals surface area contributed by atoms with Gasteiger partial charge in [-0.1, -0.05) is 26.0 Å². The Morgan fingerprint density at radius 2 is 1.30 bits per heavy atom. The molecule has 2 aromatic heterocycles. The molecule has 3 saturated carbocycles. The topological polar surface area (TPSA) is 344 Å². The van der Waals surface area contributed by atoms with E-state index in [0.717, 1.165) is 44.1 Å². The molecule has 0 saturated heterocycles. The lowest BCUT2D eigenvalue weighted by atomic mass is 9.72. The molecule has 506 valence electrons. The Bertz CT molecular complexity index is 3820. The number of anilines is 3. The van der Waals surface area contributed by atoms with Crippen molar-refractivity contribution in [1.82, 2.24) is 41.0 Å². The van der Waals surface area contributed by atoms with Crippen LogP contribution in [0, 0.1) is 36.0 Å². The van der Waals surface area contributed by atoms with E-state index in [9.17, 15) is 38.6 Å². The van der Waals surface area contributed by atoms with E-state index in [1.165, 1.54) is 6.92 Å². The highest BCUT2D eigenvalue weighted by Crippen LogP contribution is 3.01. The molecule has 30 heteroatoms. The highest BCUT2D eigenvalue weighted by Gasteiger charge is 3.01. The number of nitrogens with zero attached hydrogens (tertiary/aromatic N) is 4. The molecule has 0 bridgehead atoms. The quantitative estimate of drug-likeness (QED) is 0.0107. The summed E-state index contributed by atoms with van der Waals surface area (Å²) in [6, 6.07) is 6.68. The van der Waals surface area contributed by atoms with Crippen molar-refractivity contribution >= 4 is 147 Å². The van der Waals surface area contributed by atoms with Crippen molar-refractivity contribution in [2.75, 3.05) is 80.2 Å². The number of aryl methyl sites for hydroxylation is 2. The largest absolute Gasteiger partial charge is 0.466 e. The van der Waals surface area contributed by atoms with Crippen molar-refractivity contribution in [3.63, 3.8) is 0 Å². The molecule has 94 heavy (non-hydrogen) atoms. The first-order valence-corrected chi connectivity index (χ1v) is 34.5. The van der Waals surface area contributed by atoms with Gasteiger partial charge in [-0.3, -0.25) is 28.8 Å². The van der Waals surface area contributed by atoms with Gasteiger partial charge in [-0.15, -0.1) is 23.2 Å². The van der Waals surface area contributed by atoms with E-state index in [2.05, 4.69) is 36.6 Å². The zero-order valence-electron chi connectivity index (χ0n) is 53.5. The minimum atomic E-state index is -2.74. The zero-order valence-corrected chi connectivity index (χ0v) is 57.6. The lowest BCUT2D eigenvalue weighted by Crippen LogP contribution is -2.57. The number of fused-ring (bicyclic) bond motifs is 6. The molecular formula is C64H82Cl2N13O12PS2. The molecule has 4 heterocycles. The van der Waals surface area contributed by atoms with Gasteiger partial charge in [-0.05, 0) is 142 Å². The van der Waals surface area contributed by atoms with E-state index < -0.39 is 78.6 Å². The van der Waals surface area contributed by atoms with Gasteiger partial charge in [0.15, 0.2) is 11.5 Å². The first kappa shape index (κ1) is 69.7. The third-order valence-electron chi connectivity index (χ3n) is 19.4. The number of nitrogens with two attached hydrogens (primary N) is 2. The van der Waals surface area contributed by atoms with Gasteiger partial charge in [0, 0.05) is 124 Å². The normalized spacial score (nSPS) is 21.2. The Balaban J connectivity index is 0.736. The predicted octanol–water partition coefficient (Wildman–Crippen LogP) is 6.74. The minimum absolute atomic E-state index is 0.0338. The van der Waals surface area contributed by atoms with Gasteiger partial charge in [0.25, 0.3) is 10.3 Å². The van der Waals surface area contributed by atoms with Crippen LogP contribution in [-0.4, -0.2) is 165 Å². The Morgan fingerprint density at radius 3 is 1.82 bits per heavy atom. The van der Waals surface area contributed by atoms with Crippen LogP contribution in [0.25, 0.3) is 21.8 Å². The van der Waals surface area contributed by atoms with Crippen LogP contribution in [0.4, 0.5) is 21.9 Å². The standard InChI is InChI=1S/C64H82Cl2N13O12PS2/c1-33(2)51(75-55(82)41(72-36(5)80)11-8-9-17-67)56(83)74-42(12-10-18-69-59(68)86)54(81)73-40-15-13-37(14-16-40)29-89-60(93)76(6)19-20-77(7)61(94)90-45-21-43-49(47-34(3)25-70-52(45)47)38(23-65)27-78(43)57(84)62-30-63(32-64(62,63)31-62)58(85)79-28-39(24-66)50-44(79)22-46(91-92(87)88)53-48(50)35(4)26-71-53/h13-16,21-22,25-26,33,38-39,41-42,51,70-71,87-88H,8-12,17-20,23-24,27-32,67H2,1-7H3,(H,72,80)(H,73,81)(H,74,83)(H,75,82)(H3,68,69,86). The molecule has 0 radical (unpaired) electrons. The van der Waals surface area contributed by atoms with Crippen LogP contribution in [-0.2, 0) is 40.1 Å². The number of unbranched alkanes of at least 4 members (excludes halogenated alkanes) is 1. The molecule has 3 aromatic carbocycles. The number of urea groups is 1. The predicted molar refractivity (Wildman–Crippen MR) is 368 cm³/mol. The smallest absolute Gasteiger partial charge is 0.391 e. The van der Waals surface area contributed by atoms with Crippen LogP contribution in [0.1, 0.15) is 112 Å². The monoisotopic (exact) mass is 1390 g/mol. The fraction of sp³-hybridized carbons (Fsp3) is 0.516. The number of primary amides is 1. The number of aromatic amines is 2. The number of likely N-dealkylation sites (N-methyl/N-ethyl adjacent to an activating group) is 2. The number of aromatic nitrogens is 2. The Kier molecular flexibility index (Phi) is 21.0. The van der Waals surface area contributed by atoms with Crippen LogP contribution in [0.2, 0.25) is 0 Å². The van der Waals surface area contributed by atoms with Gasteiger partial charge >= 0.3 is 14.6 Å². The maximum atomic E-state index is 15.2. The summed E-state index contributed by atoms with van der Waals surface area (Å²) in [5, 5.41) is 15.6. The maximum absolute atomic E-state index is 15.2. The molecule has 5 aliphatic rings. The van der Waals surface area contributed by atoms with Crippen molar-refractivity contribution in [3.05, 3.63) is 76.6 Å². The molecule has 8 atom stereocenters. The van der Waals surface area contributed by atoms with Crippen LogP contribution < -0.4 is 57.1 Å². The zero-order chi connectivity index (χ0) is 67.9. The first-order valence-electron chi connectivity index (χ1n) is 31.5. The molecule has 8 amide bonds. The van der Waals surface area contributed by atoms with Gasteiger partial charge in [-0.2, -0.15) is 0 Å². The fourth-order valence-corrected chi connectivity index (χ4v) is 15.6. The van der Waals surface area contributed by atoms with Gasteiger partial charge in [0.05, 0.1) is 33.2 Å². The second-order valence-electron chi connectivity index (χ2n) is 25.9. The summed E-state index contributed by atoms with van der Waals surface area (Å²) in [5.41, 5.74) is 16.5. The van der Waals surface area contributed by atoms with Crippen molar-refractivity contribution in [2.24, 2.45) is 33.6 Å². The van der Waals surface area contributed by atoms with E-state index in [1.54, 1.807) is 73.0 Å². The van der Waals surface area contributed by atoms with Gasteiger partial charge < -0.3 is 91.4 Å². The second-order valence-corrected chi connectivity index (χ2v) is 27.9. The van der Waals surface area contributed by atoms with E-state index in [-0.39, 0.29) is 77.5 Å². The molecule has 3 fully saturated rings. The summed E-state index contributed by atoms with van der Waals surface area (Å²) >= 11 is 24.9. The first-order chi connectivity index (χ1) is 44.7. The highest BCUT2D eigenvalue weighted by molar-refractivity contribution is 7.80. The van der Waals surface area contributed by atoms with E-state index in [4.69, 9.17) is 73.1 Å². The molecule has 8 unspecified atom stereocenters. The SMILES string of the molecule is CC(=O)NC(CCCCN)C(=O)NC(C(=O)NC(CCCNC(N)=O)C(=O)Nc1ccc(COC(=S)N(C)CCN(C)C(=S)Oc2cc3c(c4c(C)c[nH]c24)C(CCl)CN3C(=O)C23CC4(C(=O)N5CC(CCl)c6c5cc(OP(O)O)c5[nH]cc(C)c65)CC24C3)cc1)C(C)C. The van der Waals surface area contributed by atoms with Crippen molar-refractivity contribution in [3.8, 4) is 11.5 Å². The van der Waals surface area contributed by atoms with Crippen molar-refractivity contribution in [2.45, 2.75) is 123 Å². The van der Waals surface area contributed by atoms with Gasteiger partial charge in [-0.25, -0.2) is 4.79 Å². The fourth-order valence-electron chi connectivity index (χ4n) is 14.5. The summed E-state index contributed by atoms with van der Waals surface area (Å²) in [4.78, 5) is 128. The average Bonchev–Trinajstić information content (AvgIpc) is 1.40. The number of carbonyl (C=O) groups excluding carboxylic acids is 7. The Labute approximate surface area is 566 Å². The van der Waals surface area contributed by atoms with Gasteiger partial charge in [0.2, 0.25) is 35.4 Å². The van der Waals surface area contributed by atoms with E-state index in [0.29, 0.717) is 99.6 Å². The number of halogens is 2. The number of benzene rings is 3. The summed E-state index contributed by atoms with van der Waals surface area (Å²) in [6.07, 6.45) is 7.25. The maximum Gasteiger partial charge on any atom is 0.391 e. The lowest BCUT2D eigenvalue weighted by molar-refractivity contribution is -0.134. The van der Waals surface area contributed by atoms with Crippen LogP contribution in [0.5, 0.6) is 11.5 Å².